The number of aryl methyl sites for hydroxylation is 1. The van der Waals surface area contributed by atoms with Crippen LogP contribution < -0.4 is 14.8 Å². The highest BCUT2D eigenvalue weighted by molar-refractivity contribution is 5.69. The van der Waals surface area contributed by atoms with E-state index in [1.165, 1.54) is 6.07 Å². The number of halogens is 2. The number of ether oxygens (including phenoxy) is 2. The maximum Gasteiger partial charge on any atom is 0.387 e. The van der Waals surface area contributed by atoms with Gasteiger partial charge in [0.1, 0.15) is 6.10 Å². The number of fused-ring (bicyclic) bond motifs is 1. The van der Waals surface area contributed by atoms with Gasteiger partial charge in [-0.15, -0.1) is 0 Å². The summed E-state index contributed by atoms with van der Waals surface area (Å²) in [6, 6.07) is 3.31. The molecule has 0 saturated carbocycles. The molecule has 1 aliphatic heterocycles. The van der Waals surface area contributed by atoms with E-state index in [9.17, 15) is 8.78 Å². The highest BCUT2D eigenvalue weighted by atomic mass is 19.3. The van der Waals surface area contributed by atoms with Crippen LogP contribution in [0.25, 0.3) is 0 Å². The van der Waals surface area contributed by atoms with Gasteiger partial charge in [0.05, 0.1) is 12.2 Å². The minimum Gasteiger partial charge on any atom is -0.483 e. The third-order valence-corrected chi connectivity index (χ3v) is 2.69. The van der Waals surface area contributed by atoms with E-state index < -0.39 is 6.61 Å². The van der Waals surface area contributed by atoms with Gasteiger partial charge in [-0.25, -0.2) is 0 Å². The van der Waals surface area contributed by atoms with Crippen LogP contribution in [0.2, 0.25) is 0 Å². The zero-order valence-corrected chi connectivity index (χ0v) is 9.80. The second-order valence-corrected chi connectivity index (χ2v) is 3.97. The Morgan fingerprint density at radius 3 is 2.94 bits per heavy atom. The maximum atomic E-state index is 12.3. The third kappa shape index (κ3) is 2.43. The molecule has 1 atom stereocenters. The Morgan fingerprint density at radius 1 is 1.53 bits per heavy atom. The number of alkyl halides is 2. The van der Waals surface area contributed by atoms with Gasteiger partial charge in [-0.05, 0) is 25.0 Å². The van der Waals surface area contributed by atoms with E-state index in [1.807, 2.05) is 13.8 Å². The van der Waals surface area contributed by atoms with E-state index in [0.717, 1.165) is 17.7 Å². The van der Waals surface area contributed by atoms with Crippen molar-refractivity contribution in [2.24, 2.45) is 0 Å². The summed E-state index contributed by atoms with van der Waals surface area (Å²) in [6.45, 7) is 1.70. The molecule has 17 heavy (non-hydrogen) atoms. The Morgan fingerprint density at radius 2 is 2.29 bits per heavy atom. The summed E-state index contributed by atoms with van der Waals surface area (Å²) in [5, 5.41) is 3.20. The molecule has 1 aromatic rings. The lowest BCUT2D eigenvalue weighted by Crippen LogP contribution is -2.28. The molecule has 1 aromatic carbocycles. The van der Waals surface area contributed by atoms with Gasteiger partial charge in [0.2, 0.25) is 0 Å². The largest absolute Gasteiger partial charge is 0.483 e. The SMILES string of the molecule is CCc1ccc(OC(F)F)c2c1NCC(C)O2. The number of nitrogens with one attached hydrogen (secondary N) is 1. The molecule has 0 bridgehead atoms. The molecule has 1 N–H and O–H groups in total. The first kappa shape index (κ1) is 12.0. The molecule has 1 aliphatic rings. The lowest BCUT2D eigenvalue weighted by molar-refractivity contribution is -0.0519. The average Bonchev–Trinajstić information content (AvgIpc) is 2.29. The molecule has 3 nitrogen and oxygen atoms in total. The third-order valence-electron chi connectivity index (χ3n) is 2.69. The van der Waals surface area contributed by atoms with Gasteiger partial charge < -0.3 is 14.8 Å². The van der Waals surface area contributed by atoms with Crippen molar-refractivity contribution in [2.75, 3.05) is 11.9 Å². The van der Waals surface area contributed by atoms with Crippen LogP contribution in [-0.4, -0.2) is 19.3 Å². The standard InChI is InChI=1S/C12H15F2NO2/c1-3-8-4-5-9(17-12(13)14)11-10(8)15-6-7(2)16-11/h4-5,7,12,15H,3,6H2,1-2H3. The molecule has 2 rings (SSSR count). The van der Waals surface area contributed by atoms with E-state index in [4.69, 9.17) is 4.74 Å². The van der Waals surface area contributed by atoms with Crippen molar-refractivity contribution in [1.82, 2.24) is 0 Å². The van der Waals surface area contributed by atoms with Crippen LogP contribution in [0, 0.1) is 0 Å². The van der Waals surface area contributed by atoms with Crippen LogP contribution in [0.15, 0.2) is 12.1 Å². The van der Waals surface area contributed by atoms with Crippen LogP contribution in [0.1, 0.15) is 19.4 Å². The molecule has 5 heteroatoms. The Kier molecular flexibility index (Phi) is 3.36. The summed E-state index contributed by atoms with van der Waals surface area (Å²) in [5.74, 6) is 0.481. The summed E-state index contributed by atoms with van der Waals surface area (Å²) in [4.78, 5) is 0. The second-order valence-electron chi connectivity index (χ2n) is 3.97. The number of hydrogen-bond donors (Lipinski definition) is 1. The number of benzene rings is 1. The topological polar surface area (TPSA) is 30.5 Å². The van der Waals surface area contributed by atoms with E-state index in [1.54, 1.807) is 6.07 Å². The van der Waals surface area contributed by atoms with Gasteiger partial charge >= 0.3 is 6.61 Å². The molecule has 1 unspecified atom stereocenters. The van der Waals surface area contributed by atoms with Gasteiger partial charge in [-0.2, -0.15) is 8.78 Å². The van der Waals surface area contributed by atoms with Gasteiger partial charge in [0.25, 0.3) is 0 Å². The van der Waals surface area contributed by atoms with Crippen LogP contribution in [0.4, 0.5) is 14.5 Å². The molecule has 1 heterocycles. The van der Waals surface area contributed by atoms with Gasteiger partial charge in [0.15, 0.2) is 11.5 Å². The monoisotopic (exact) mass is 243 g/mol. The number of anilines is 1. The van der Waals surface area contributed by atoms with E-state index in [-0.39, 0.29) is 11.9 Å². The minimum atomic E-state index is -2.84. The zero-order chi connectivity index (χ0) is 12.4. The Bertz CT molecular complexity index is 410. The molecule has 0 radical (unpaired) electrons. The lowest BCUT2D eigenvalue weighted by Gasteiger charge is -2.28. The normalized spacial score (nSPS) is 18.3. The van der Waals surface area contributed by atoms with Crippen molar-refractivity contribution < 1.29 is 18.3 Å². The van der Waals surface area contributed by atoms with Crippen molar-refractivity contribution in [1.29, 1.82) is 0 Å². The quantitative estimate of drug-likeness (QED) is 0.885. The molecule has 0 saturated heterocycles. The van der Waals surface area contributed by atoms with Gasteiger partial charge in [0, 0.05) is 0 Å². The Hall–Kier alpha value is -1.52. The fraction of sp³-hybridized carbons (Fsp3) is 0.500. The first-order chi connectivity index (χ1) is 8.11. The summed E-state index contributed by atoms with van der Waals surface area (Å²) < 4.78 is 34.6. The summed E-state index contributed by atoms with van der Waals surface area (Å²) in [5.41, 5.74) is 1.80. The molecular weight excluding hydrogens is 228 g/mol. The van der Waals surface area contributed by atoms with Crippen molar-refractivity contribution in [3.05, 3.63) is 17.7 Å². The summed E-state index contributed by atoms with van der Waals surface area (Å²) in [7, 11) is 0. The summed E-state index contributed by atoms with van der Waals surface area (Å²) in [6.07, 6.45) is 0.747. The fourth-order valence-corrected chi connectivity index (χ4v) is 1.89. The van der Waals surface area contributed by atoms with E-state index in [2.05, 4.69) is 10.1 Å². The maximum absolute atomic E-state index is 12.3. The van der Waals surface area contributed by atoms with Crippen molar-refractivity contribution in [2.45, 2.75) is 33.0 Å². The lowest BCUT2D eigenvalue weighted by atomic mass is 10.1. The molecule has 0 spiro atoms. The molecular formula is C12H15F2NO2. The van der Waals surface area contributed by atoms with Crippen molar-refractivity contribution in [3.63, 3.8) is 0 Å². The average molecular weight is 243 g/mol. The molecule has 0 amide bonds. The predicted octanol–water partition coefficient (Wildman–Crippen LogP) is 3.04. The molecule has 0 fully saturated rings. The predicted molar refractivity (Wildman–Crippen MR) is 61.0 cm³/mol. The summed E-state index contributed by atoms with van der Waals surface area (Å²) >= 11 is 0. The molecule has 94 valence electrons. The van der Waals surface area contributed by atoms with E-state index in [0.29, 0.717) is 12.3 Å². The zero-order valence-electron chi connectivity index (χ0n) is 9.80. The first-order valence-corrected chi connectivity index (χ1v) is 5.63. The van der Waals surface area contributed by atoms with Crippen LogP contribution in [0.3, 0.4) is 0 Å². The fourth-order valence-electron chi connectivity index (χ4n) is 1.89. The number of rotatable bonds is 3. The van der Waals surface area contributed by atoms with E-state index >= 15 is 0 Å². The van der Waals surface area contributed by atoms with Crippen molar-refractivity contribution >= 4 is 5.69 Å². The highest BCUT2D eigenvalue weighted by Crippen LogP contribution is 2.41. The smallest absolute Gasteiger partial charge is 0.387 e. The molecule has 0 aliphatic carbocycles. The van der Waals surface area contributed by atoms with Gasteiger partial charge in [-0.3, -0.25) is 0 Å². The first-order valence-electron chi connectivity index (χ1n) is 5.63. The van der Waals surface area contributed by atoms with Crippen LogP contribution in [-0.2, 0) is 6.42 Å². The Labute approximate surface area is 98.7 Å². The van der Waals surface area contributed by atoms with Crippen LogP contribution in [0.5, 0.6) is 11.5 Å². The number of hydrogen-bond acceptors (Lipinski definition) is 3. The van der Waals surface area contributed by atoms with Gasteiger partial charge in [-0.1, -0.05) is 13.0 Å². The second kappa shape index (κ2) is 4.77. The minimum absolute atomic E-state index is 0.0605. The van der Waals surface area contributed by atoms with Crippen LogP contribution >= 0.6 is 0 Å². The Balaban J connectivity index is 2.41. The molecule has 0 aromatic heterocycles. The van der Waals surface area contributed by atoms with Crippen molar-refractivity contribution in [3.8, 4) is 11.5 Å². The highest BCUT2D eigenvalue weighted by Gasteiger charge is 2.23.